The van der Waals surface area contributed by atoms with Crippen molar-refractivity contribution in [3.63, 3.8) is 0 Å². The van der Waals surface area contributed by atoms with E-state index in [1.807, 2.05) is 0 Å². The summed E-state index contributed by atoms with van der Waals surface area (Å²) in [5, 5.41) is 13.4. The molecule has 0 aromatic carbocycles. The average molecular weight is 269 g/mol. The Bertz CT molecular complexity index is 249. The van der Waals surface area contributed by atoms with Crippen LogP contribution in [0.15, 0.2) is 0 Å². The van der Waals surface area contributed by atoms with Gasteiger partial charge in [-0.1, -0.05) is 26.2 Å². The lowest BCUT2D eigenvalue weighted by atomic mass is 9.90. The van der Waals surface area contributed by atoms with E-state index < -0.39 is 0 Å². The van der Waals surface area contributed by atoms with E-state index in [2.05, 4.69) is 12.2 Å². The molecule has 0 spiro atoms. The Morgan fingerprint density at radius 3 is 2.47 bits per heavy atom. The lowest BCUT2D eigenvalue weighted by molar-refractivity contribution is 0.00505. The molecule has 0 radical (unpaired) electrons. The molecule has 2 rings (SSSR count). The quantitative estimate of drug-likeness (QED) is 0.676. The highest BCUT2D eigenvalue weighted by Gasteiger charge is 2.44. The number of rotatable bonds is 9. The van der Waals surface area contributed by atoms with Crippen LogP contribution in [0.3, 0.4) is 0 Å². The van der Waals surface area contributed by atoms with Gasteiger partial charge in [0.05, 0.1) is 18.8 Å². The minimum atomic E-state index is -0.162. The summed E-state index contributed by atoms with van der Waals surface area (Å²) >= 11 is 0. The Hall–Kier alpha value is -0.120. The maximum Gasteiger partial charge on any atom is 0.0679 e. The van der Waals surface area contributed by atoms with E-state index in [9.17, 15) is 5.11 Å². The van der Waals surface area contributed by atoms with Crippen LogP contribution in [-0.4, -0.2) is 37.0 Å². The summed E-state index contributed by atoms with van der Waals surface area (Å²) in [7, 11) is 0. The lowest BCUT2D eigenvalue weighted by Gasteiger charge is -2.34. The zero-order valence-corrected chi connectivity index (χ0v) is 12.5. The maximum absolute atomic E-state index is 9.81. The number of hydrogen-bond donors (Lipinski definition) is 2. The molecule has 0 amide bonds. The van der Waals surface area contributed by atoms with Gasteiger partial charge in [0.25, 0.3) is 0 Å². The molecule has 0 aromatic rings. The van der Waals surface area contributed by atoms with Crippen molar-refractivity contribution in [3.8, 4) is 0 Å². The number of ether oxygens (including phenoxy) is 1. The SMILES string of the molecule is CCCNC(CO)(COCC1CCCCC1)C1CC1. The highest BCUT2D eigenvalue weighted by Crippen LogP contribution is 2.40. The van der Waals surface area contributed by atoms with Crippen LogP contribution in [-0.2, 0) is 4.74 Å². The van der Waals surface area contributed by atoms with Crippen molar-refractivity contribution in [2.45, 2.75) is 63.8 Å². The summed E-state index contributed by atoms with van der Waals surface area (Å²) in [4.78, 5) is 0. The predicted molar refractivity (Wildman–Crippen MR) is 78.2 cm³/mol. The largest absolute Gasteiger partial charge is 0.394 e. The van der Waals surface area contributed by atoms with E-state index >= 15 is 0 Å². The van der Waals surface area contributed by atoms with Gasteiger partial charge >= 0.3 is 0 Å². The lowest BCUT2D eigenvalue weighted by Crippen LogP contribution is -2.54. The Kier molecular flexibility index (Phi) is 6.11. The van der Waals surface area contributed by atoms with Gasteiger partial charge in [0.1, 0.15) is 0 Å². The molecule has 0 saturated heterocycles. The molecular formula is C16H31NO2. The van der Waals surface area contributed by atoms with Gasteiger partial charge in [-0.3, -0.25) is 0 Å². The molecule has 112 valence electrons. The van der Waals surface area contributed by atoms with Gasteiger partial charge in [-0.05, 0) is 50.5 Å². The highest BCUT2D eigenvalue weighted by molar-refractivity contribution is 5.01. The molecule has 0 aromatic heterocycles. The van der Waals surface area contributed by atoms with Crippen LogP contribution < -0.4 is 5.32 Å². The summed E-state index contributed by atoms with van der Waals surface area (Å²) in [6.45, 7) is 4.93. The van der Waals surface area contributed by atoms with Gasteiger partial charge < -0.3 is 15.2 Å². The first kappa shape index (κ1) is 15.3. The molecule has 2 fully saturated rings. The Labute approximate surface area is 118 Å². The van der Waals surface area contributed by atoms with Gasteiger partial charge in [0, 0.05) is 6.61 Å². The van der Waals surface area contributed by atoms with Crippen LogP contribution in [0, 0.1) is 11.8 Å². The first-order valence-corrected chi connectivity index (χ1v) is 8.24. The van der Waals surface area contributed by atoms with E-state index in [1.165, 1.54) is 44.9 Å². The maximum atomic E-state index is 9.81. The molecule has 19 heavy (non-hydrogen) atoms. The summed E-state index contributed by atoms with van der Waals surface area (Å²) in [5.74, 6) is 1.38. The third-order valence-electron chi connectivity index (χ3n) is 4.81. The van der Waals surface area contributed by atoms with Crippen LogP contribution in [0.25, 0.3) is 0 Å². The number of nitrogens with one attached hydrogen (secondary N) is 1. The zero-order valence-electron chi connectivity index (χ0n) is 12.5. The van der Waals surface area contributed by atoms with Crippen molar-refractivity contribution >= 4 is 0 Å². The fraction of sp³-hybridized carbons (Fsp3) is 1.00. The minimum Gasteiger partial charge on any atom is -0.394 e. The minimum absolute atomic E-state index is 0.162. The number of aliphatic hydroxyl groups is 1. The number of aliphatic hydroxyl groups excluding tert-OH is 1. The molecule has 2 N–H and O–H groups in total. The van der Waals surface area contributed by atoms with E-state index in [4.69, 9.17) is 4.74 Å². The second-order valence-corrected chi connectivity index (χ2v) is 6.53. The topological polar surface area (TPSA) is 41.5 Å². The van der Waals surface area contributed by atoms with Crippen molar-refractivity contribution in [2.24, 2.45) is 11.8 Å². The van der Waals surface area contributed by atoms with Gasteiger partial charge in [0.2, 0.25) is 0 Å². The monoisotopic (exact) mass is 269 g/mol. The summed E-state index contributed by atoms with van der Waals surface area (Å²) < 4.78 is 6.01. The van der Waals surface area contributed by atoms with E-state index in [0.717, 1.165) is 25.5 Å². The molecule has 2 aliphatic rings. The van der Waals surface area contributed by atoms with Crippen molar-refractivity contribution in [3.05, 3.63) is 0 Å². The van der Waals surface area contributed by atoms with Crippen molar-refractivity contribution in [1.29, 1.82) is 0 Å². The molecule has 1 atom stereocenters. The van der Waals surface area contributed by atoms with Gasteiger partial charge in [0.15, 0.2) is 0 Å². The predicted octanol–water partition coefficient (Wildman–Crippen LogP) is 2.72. The molecule has 0 bridgehead atoms. The number of hydrogen-bond acceptors (Lipinski definition) is 3. The zero-order chi connectivity index (χ0) is 13.6. The summed E-state index contributed by atoms with van der Waals surface area (Å²) in [6, 6.07) is 0. The van der Waals surface area contributed by atoms with Crippen molar-refractivity contribution in [1.82, 2.24) is 5.32 Å². The van der Waals surface area contributed by atoms with E-state index in [1.54, 1.807) is 0 Å². The molecular weight excluding hydrogens is 238 g/mol. The molecule has 0 heterocycles. The van der Waals surface area contributed by atoms with E-state index in [-0.39, 0.29) is 12.1 Å². The Balaban J connectivity index is 1.75. The Morgan fingerprint density at radius 1 is 1.16 bits per heavy atom. The van der Waals surface area contributed by atoms with E-state index in [0.29, 0.717) is 12.5 Å². The molecule has 2 saturated carbocycles. The van der Waals surface area contributed by atoms with Crippen LogP contribution in [0.5, 0.6) is 0 Å². The molecule has 3 heteroatoms. The van der Waals surface area contributed by atoms with Crippen molar-refractivity contribution < 1.29 is 9.84 Å². The van der Waals surface area contributed by atoms with Crippen LogP contribution >= 0.6 is 0 Å². The van der Waals surface area contributed by atoms with Crippen LogP contribution in [0.4, 0.5) is 0 Å². The summed E-state index contributed by atoms with van der Waals surface area (Å²) in [6.07, 6.45) is 10.4. The van der Waals surface area contributed by atoms with Gasteiger partial charge in [-0.2, -0.15) is 0 Å². The Morgan fingerprint density at radius 2 is 1.89 bits per heavy atom. The molecule has 2 aliphatic carbocycles. The smallest absolute Gasteiger partial charge is 0.0679 e. The molecule has 3 nitrogen and oxygen atoms in total. The first-order chi connectivity index (χ1) is 9.30. The third kappa shape index (κ3) is 4.44. The molecule has 1 unspecified atom stereocenters. The van der Waals surface area contributed by atoms with Crippen LogP contribution in [0.2, 0.25) is 0 Å². The fourth-order valence-electron chi connectivity index (χ4n) is 3.32. The van der Waals surface area contributed by atoms with Crippen molar-refractivity contribution in [2.75, 3.05) is 26.4 Å². The van der Waals surface area contributed by atoms with Gasteiger partial charge in [-0.15, -0.1) is 0 Å². The second-order valence-electron chi connectivity index (χ2n) is 6.53. The fourth-order valence-corrected chi connectivity index (χ4v) is 3.32. The van der Waals surface area contributed by atoms with Crippen LogP contribution in [0.1, 0.15) is 58.3 Å². The van der Waals surface area contributed by atoms with Gasteiger partial charge in [-0.25, -0.2) is 0 Å². The third-order valence-corrected chi connectivity index (χ3v) is 4.81. The standard InChI is InChI=1S/C16H31NO2/c1-2-10-17-16(12-18,15-8-9-15)13-19-11-14-6-4-3-5-7-14/h14-15,17-18H,2-13H2,1H3. The average Bonchev–Trinajstić information content (AvgIpc) is 3.29. The second kappa shape index (κ2) is 7.61. The highest BCUT2D eigenvalue weighted by atomic mass is 16.5. The first-order valence-electron chi connectivity index (χ1n) is 8.24. The normalized spacial score (nSPS) is 24.3. The molecule has 0 aliphatic heterocycles. The summed E-state index contributed by atoms with van der Waals surface area (Å²) in [5.41, 5.74) is -0.162.